The lowest BCUT2D eigenvalue weighted by Crippen LogP contribution is -2.56. The Morgan fingerprint density at radius 3 is 2.60 bits per heavy atom. The van der Waals surface area contributed by atoms with Crippen LogP contribution in [0.15, 0.2) is 48.8 Å². The van der Waals surface area contributed by atoms with Gasteiger partial charge in [0, 0.05) is 61.8 Å². The standard InChI is InChI=1S/C32H34FN9O4S/c33-25-15-42(30(43)26-18-47-32(44)38-26)8-7-28(25)46-27-6-1-20(13-21(27)14-34)29-35-19-36-31(39-29)37-22-2-4-23(5-3-22)40-9-11-41(12-10-40)24-16-45-17-24/h1-6,13,19,24-26,28H,7-12,15-18H2,(H,38,44)(H,35,36,37,39)/t25-,26?,28+/m1/s1. The maximum atomic E-state index is 15.1. The molecule has 2 amide bonds. The van der Waals surface area contributed by atoms with E-state index in [-0.39, 0.29) is 42.0 Å². The van der Waals surface area contributed by atoms with Crippen LogP contribution in [0.4, 0.5) is 26.5 Å². The fourth-order valence-electron chi connectivity index (χ4n) is 6.14. The summed E-state index contributed by atoms with van der Waals surface area (Å²) in [6.07, 6.45) is -0.617. The third-order valence-electron chi connectivity index (χ3n) is 8.91. The number of anilines is 3. The van der Waals surface area contributed by atoms with Crippen molar-refractivity contribution in [2.75, 3.05) is 68.5 Å². The number of nitrogens with one attached hydrogen (secondary N) is 2. The van der Waals surface area contributed by atoms with Crippen LogP contribution in [0, 0.1) is 11.3 Å². The highest BCUT2D eigenvalue weighted by atomic mass is 32.2. The van der Waals surface area contributed by atoms with Crippen LogP contribution in [0.2, 0.25) is 0 Å². The Hall–Kier alpha value is -4.52. The molecule has 4 saturated heterocycles. The van der Waals surface area contributed by atoms with Crippen LogP contribution in [0.1, 0.15) is 12.0 Å². The normalized spacial score (nSPS) is 23.5. The molecule has 2 aromatic carbocycles. The van der Waals surface area contributed by atoms with Crippen LogP contribution in [0.5, 0.6) is 5.75 Å². The van der Waals surface area contributed by atoms with Gasteiger partial charge < -0.3 is 29.9 Å². The molecular formula is C32H34FN9O4S. The van der Waals surface area contributed by atoms with Crippen LogP contribution in [-0.2, 0) is 9.53 Å². The monoisotopic (exact) mass is 659 g/mol. The van der Waals surface area contributed by atoms with Gasteiger partial charge in [-0.15, -0.1) is 0 Å². The lowest BCUT2D eigenvalue weighted by molar-refractivity contribution is -0.136. The van der Waals surface area contributed by atoms with Gasteiger partial charge in [0.1, 0.15) is 30.3 Å². The summed E-state index contributed by atoms with van der Waals surface area (Å²) in [6, 6.07) is 15.2. The van der Waals surface area contributed by atoms with E-state index >= 15 is 4.39 Å². The number of halogens is 1. The fourth-order valence-corrected chi connectivity index (χ4v) is 6.91. The van der Waals surface area contributed by atoms with Crippen molar-refractivity contribution in [3.05, 3.63) is 54.4 Å². The van der Waals surface area contributed by atoms with E-state index in [2.05, 4.69) is 53.6 Å². The topological polar surface area (TPSA) is 149 Å². The summed E-state index contributed by atoms with van der Waals surface area (Å²) in [7, 11) is 0. The number of nitrogens with zero attached hydrogens (tertiary/aromatic N) is 7. The largest absolute Gasteiger partial charge is 0.486 e. The Labute approximate surface area is 275 Å². The Morgan fingerprint density at radius 2 is 1.91 bits per heavy atom. The van der Waals surface area contributed by atoms with E-state index in [0.29, 0.717) is 29.1 Å². The van der Waals surface area contributed by atoms with Gasteiger partial charge in [-0.05, 0) is 42.5 Å². The number of hydrogen-bond donors (Lipinski definition) is 2. The number of aromatic nitrogens is 3. The smallest absolute Gasteiger partial charge is 0.279 e. The summed E-state index contributed by atoms with van der Waals surface area (Å²) < 4.78 is 26.4. The predicted molar refractivity (Wildman–Crippen MR) is 173 cm³/mol. The van der Waals surface area contributed by atoms with E-state index in [1.807, 2.05) is 12.1 Å². The summed E-state index contributed by atoms with van der Waals surface area (Å²) in [6.45, 7) is 5.85. The van der Waals surface area contributed by atoms with E-state index < -0.39 is 18.3 Å². The minimum Gasteiger partial charge on any atom is -0.486 e. The lowest BCUT2D eigenvalue weighted by Gasteiger charge is -2.43. The van der Waals surface area contributed by atoms with Gasteiger partial charge in [0.15, 0.2) is 12.0 Å². The number of rotatable bonds is 8. The number of benzene rings is 2. The van der Waals surface area contributed by atoms with Crippen molar-refractivity contribution in [3.8, 4) is 23.2 Å². The van der Waals surface area contributed by atoms with Gasteiger partial charge in [-0.3, -0.25) is 14.5 Å². The van der Waals surface area contributed by atoms with Gasteiger partial charge in [-0.2, -0.15) is 10.2 Å². The predicted octanol–water partition coefficient (Wildman–Crippen LogP) is 2.82. The van der Waals surface area contributed by atoms with Crippen LogP contribution in [0.25, 0.3) is 11.4 Å². The molecule has 47 heavy (non-hydrogen) atoms. The first kappa shape index (κ1) is 31.1. The third kappa shape index (κ3) is 6.95. The van der Waals surface area contributed by atoms with Crippen molar-refractivity contribution in [2.45, 2.75) is 30.8 Å². The van der Waals surface area contributed by atoms with E-state index in [4.69, 9.17) is 9.47 Å². The number of alkyl halides is 1. The minimum absolute atomic E-state index is 0.141. The molecule has 0 bridgehead atoms. The zero-order valence-electron chi connectivity index (χ0n) is 25.5. The first-order valence-corrected chi connectivity index (χ1v) is 16.6. The Balaban J connectivity index is 0.956. The zero-order valence-corrected chi connectivity index (χ0v) is 26.4. The molecule has 0 spiro atoms. The second kappa shape index (κ2) is 13.7. The SMILES string of the molecule is N#Cc1cc(-c2ncnc(Nc3ccc(N4CCN(C5COC5)CC4)cc3)n2)ccc1O[C@H]1CCN(C(=O)C2CSC(=O)N2)C[C@H]1F. The van der Waals surface area contributed by atoms with E-state index in [0.717, 1.165) is 56.8 Å². The van der Waals surface area contributed by atoms with Crippen molar-refractivity contribution in [1.82, 2.24) is 30.1 Å². The van der Waals surface area contributed by atoms with E-state index in [9.17, 15) is 14.9 Å². The molecule has 0 aliphatic carbocycles. The molecule has 7 rings (SSSR count). The van der Waals surface area contributed by atoms with Crippen molar-refractivity contribution in [3.63, 3.8) is 0 Å². The number of hydrogen-bond acceptors (Lipinski definition) is 12. The molecule has 15 heteroatoms. The number of carbonyl (C=O) groups is 2. The molecule has 13 nitrogen and oxygen atoms in total. The molecule has 2 N–H and O–H groups in total. The molecule has 3 atom stereocenters. The summed E-state index contributed by atoms with van der Waals surface area (Å²) in [5.41, 5.74) is 2.79. The van der Waals surface area contributed by atoms with Gasteiger partial charge in [-0.1, -0.05) is 11.8 Å². The number of piperidine rings is 1. The molecule has 5 heterocycles. The molecular weight excluding hydrogens is 625 g/mol. The average Bonchev–Trinajstić information content (AvgIpc) is 3.51. The number of amides is 2. The maximum Gasteiger partial charge on any atom is 0.279 e. The van der Waals surface area contributed by atoms with E-state index in [1.54, 1.807) is 18.2 Å². The van der Waals surface area contributed by atoms with Gasteiger partial charge in [-0.25, -0.2) is 14.4 Å². The van der Waals surface area contributed by atoms with Gasteiger partial charge in [0.05, 0.1) is 31.4 Å². The zero-order chi connectivity index (χ0) is 32.3. The van der Waals surface area contributed by atoms with Gasteiger partial charge >= 0.3 is 0 Å². The number of thioether (sulfide) groups is 1. The van der Waals surface area contributed by atoms with Crippen molar-refractivity contribution < 1.29 is 23.5 Å². The maximum absolute atomic E-state index is 15.1. The number of piperazine rings is 1. The summed E-state index contributed by atoms with van der Waals surface area (Å²) in [5, 5.41) is 15.5. The number of likely N-dealkylation sites (tertiary alicyclic amines) is 1. The van der Waals surface area contributed by atoms with Crippen LogP contribution >= 0.6 is 11.8 Å². The molecule has 0 radical (unpaired) electrons. The molecule has 4 fully saturated rings. The highest BCUT2D eigenvalue weighted by Gasteiger charge is 2.38. The van der Waals surface area contributed by atoms with E-state index in [1.165, 1.54) is 16.9 Å². The number of carbonyl (C=O) groups excluding carboxylic acids is 2. The first-order valence-electron chi connectivity index (χ1n) is 15.6. The number of nitriles is 1. The minimum atomic E-state index is -1.45. The summed E-state index contributed by atoms with van der Waals surface area (Å²) in [5.74, 6) is 1.01. The van der Waals surface area contributed by atoms with Crippen molar-refractivity contribution in [1.29, 1.82) is 5.26 Å². The van der Waals surface area contributed by atoms with Crippen LogP contribution in [0.3, 0.4) is 0 Å². The van der Waals surface area contributed by atoms with Gasteiger partial charge in [0.25, 0.3) is 5.24 Å². The second-order valence-corrected chi connectivity index (χ2v) is 12.9. The van der Waals surface area contributed by atoms with Gasteiger partial charge in [0.2, 0.25) is 11.9 Å². The summed E-state index contributed by atoms with van der Waals surface area (Å²) >= 11 is 1.04. The molecule has 0 saturated carbocycles. The highest BCUT2D eigenvalue weighted by Crippen LogP contribution is 2.29. The molecule has 1 unspecified atom stereocenters. The van der Waals surface area contributed by atoms with Crippen molar-refractivity contribution >= 4 is 40.2 Å². The Kier molecular flexibility index (Phi) is 9.05. The average molecular weight is 660 g/mol. The molecule has 244 valence electrons. The molecule has 1 aromatic heterocycles. The summed E-state index contributed by atoms with van der Waals surface area (Å²) in [4.78, 5) is 43.6. The quantitative estimate of drug-likeness (QED) is 0.366. The van der Waals surface area contributed by atoms with Crippen LogP contribution < -0.4 is 20.3 Å². The van der Waals surface area contributed by atoms with Crippen LogP contribution in [-0.4, -0.2) is 118 Å². The molecule has 3 aromatic rings. The van der Waals surface area contributed by atoms with Crippen molar-refractivity contribution in [2.24, 2.45) is 0 Å². The lowest BCUT2D eigenvalue weighted by atomic mass is 10.0. The highest BCUT2D eigenvalue weighted by molar-refractivity contribution is 8.14. The third-order valence-corrected chi connectivity index (χ3v) is 9.79. The Morgan fingerprint density at radius 1 is 1.11 bits per heavy atom. The Bertz CT molecular complexity index is 1660. The second-order valence-electron chi connectivity index (χ2n) is 11.9. The molecule has 4 aliphatic heterocycles. The fraction of sp³-hybridized carbons (Fsp3) is 0.438. The number of ether oxygens (including phenoxy) is 2. The first-order chi connectivity index (χ1) is 22.9. The molecule has 4 aliphatic rings.